The predicted molar refractivity (Wildman–Crippen MR) is 68.0 cm³/mol. The Morgan fingerprint density at radius 2 is 2.12 bits per heavy atom. The van der Waals surface area contributed by atoms with Crippen molar-refractivity contribution in [3.63, 3.8) is 0 Å². The van der Waals surface area contributed by atoms with Crippen molar-refractivity contribution >= 4 is 21.6 Å². The van der Waals surface area contributed by atoms with Gasteiger partial charge < -0.3 is 4.74 Å². The minimum Gasteiger partial charge on any atom is -0.495 e. The summed E-state index contributed by atoms with van der Waals surface area (Å²) >= 11 is 5.69. The molecule has 1 aromatic carbocycles. The molecule has 96 valence electrons. The number of hydrogen-bond donors (Lipinski definition) is 1. The van der Waals surface area contributed by atoms with E-state index in [2.05, 4.69) is 4.72 Å². The van der Waals surface area contributed by atoms with Gasteiger partial charge >= 0.3 is 0 Å². The second kappa shape index (κ2) is 6.23. The van der Waals surface area contributed by atoms with Crippen molar-refractivity contribution in [1.29, 1.82) is 0 Å². The maximum absolute atomic E-state index is 11.9. The van der Waals surface area contributed by atoms with Gasteiger partial charge in [-0.25, -0.2) is 13.1 Å². The van der Waals surface area contributed by atoms with Gasteiger partial charge in [0.05, 0.1) is 7.11 Å². The zero-order valence-electron chi connectivity index (χ0n) is 9.86. The lowest BCUT2D eigenvalue weighted by Gasteiger charge is -2.11. The van der Waals surface area contributed by atoms with E-state index < -0.39 is 10.0 Å². The van der Waals surface area contributed by atoms with Crippen LogP contribution in [0, 0.1) is 0 Å². The molecule has 0 aliphatic carbocycles. The van der Waals surface area contributed by atoms with Crippen LogP contribution in [0.15, 0.2) is 23.1 Å². The number of hydrogen-bond acceptors (Lipinski definition) is 3. The smallest absolute Gasteiger partial charge is 0.244 e. The van der Waals surface area contributed by atoms with Crippen molar-refractivity contribution in [1.82, 2.24) is 4.72 Å². The van der Waals surface area contributed by atoms with Crippen LogP contribution in [0.25, 0.3) is 0 Å². The van der Waals surface area contributed by atoms with Crippen molar-refractivity contribution < 1.29 is 13.2 Å². The third-order valence-corrected chi connectivity index (χ3v) is 4.02. The quantitative estimate of drug-likeness (QED) is 0.811. The van der Waals surface area contributed by atoms with Gasteiger partial charge in [-0.15, -0.1) is 11.6 Å². The van der Waals surface area contributed by atoms with Crippen LogP contribution in [0.4, 0.5) is 0 Å². The van der Waals surface area contributed by atoms with E-state index in [0.29, 0.717) is 18.2 Å². The molecule has 0 atom stereocenters. The first-order valence-corrected chi connectivity index (χ1v) is 7.29. The van der Waals surface area contributed by atoms with Gasteiger partial charge in [-0.1, -0.05) is 13.0 Å². The fraction of sp³-hybridized carbons (Fsp3) is 0.455. The molecule has 0 aliphatic heterocycles. The molecule has 0 fully saturated rings. The number of rotatable bonds is 6. The Kier molecular flexibility index (Phi) is 5.24. The summed E-state index contributed by atoms with van der Waals surface area (Å²) in [5, 5.41) is 0. The molecular weight excluding hydrogens is 262 g/mol. The largest absolute Gasteiger partial charge is 0.495 e. The van der Waals surface area contributed by atoms with Crippen molar-refractivity contribution in [3.8, 4) is 5.75 Å². The van der Waals surface area contributed by atoms with Crippen molar-refractivity contribution in [3.05, 3.63) is 23.8 Å². The molecular formula is C11H16ClNO3S. The van der Waals surface area contributed by atoms with Crippen molar-refractivity contribution in [2.24, 2.45) is 0 Å². The van der Waals surface area contributed by atoms with E-state index in [4.69, 9.17) is 16.3 Å². The first-order chi connectivity index (χ1) is 8.05. The Balaban J connectivity index is 3.12. The highest BCUT2D eigenvalue weighted by molar-refractivity contribution is 7.89. The van der Waals surface area contributed by atoms with Gasteiger partial charge in [-0.05, 0) is 24.1 Å². The molecule has 0 spiro atoms. The average molecular weight is 278 g/mol. The zero-order chi connectivity index (χ0) is 12.9. The molecule has 0 amide bonds. The molecule has 0 aliphatic rings. The number of methoxy groups -OCH3 is 1. The first-order valence-electron chi connectivity index (χ1n) is 5.27. The van der Waals surface area contributed by atoms with Crippen LogP contribution >= 0.6 is 11.6 Å². The maximum Gasteiger partial charge on any atom is 0.244 e. The molecule has 1 N–H and O–H groups in total. The van der Waals surface area contributed by atoms with E-state index in [9.17, 15) is 8.42 Å². The second-order valence-corrected chi connectivity index (χ2v) is 5.52. The van der Waals surface area contributed by atoms with Gasteiger partial charge in [-0.2, -0.15) is 0 Å². The van der Waals surface area contributed by atoms with E-state index in [1.807, 2.05) is 6.92 Å². The standard InChI is InChI=1S/C11H16ClNO3S/c1-3-6-13-17(14,15)11-5-4-9(8-12)7-10(11)16-2/h4-5,7,13H,3,6,8H2,1-2H3. The average Bonchev–Trinajstić information content (AvgIpc) is 2.35. The summed E-state index contributed by atoms with van der Waals surface area (Å²) < 4.78 is 31.5. The number of ether oxygens (including phenoxy) is 1. The Hall–Kier alpha value is -0.780. The predicted octanol–water partition coefficient (Wildman–Crippen LogP) is 2.12. The molecule has 0 radical (unpaired) electrons. The van der Waals surface area contributed by atoms with Crippen LogP contribution < -0.4 is 9.46 Å². The molecule has 0 unspecified atom stereocenters. The molecule has 1 rings (SSSR count). The number of alkyl halides is 1. The Morgan fingerprint density at radius 1 is 1.41 bits per heavy atom. The molecule has 4 nitrogen and oxygen atoms in total. The van der Waals surface area contributed by atoms with Gasteiger partial charge in [0.15, 0.2) is 0 Å². The molecule has 0 saturated carbocycles. The number of nitrogens with one attached hydrogen (secondary N) is 1. The molecule has 0 heterocycles. The lowest BCUT2D eigenvalue weighted by Crippen LogP contribution is -2.24. The normalized spacial score (nSPS) is 11.5. The van der Waals surface area contributed by atoms with Crippen LogP contribution in [0.3, 0.4) is 0 Å². The lowest BCUT2D eigenvalue weighted by molar-refractivity contribution is 0.402. The van der Waals surface area contributed by atoms with E-state index in [-0.39, 0.29) is 4.90 Å². The SMILES string of the molecule is CCCNS(=O)(=O)c1ccc(CCl)cc1OC. The summed E-state index contributed by atoms with van der Waals surface area (Å²) in [7, 11) is -2.07. The first kappa shape index (κ1) is 14.3. The minimum atomic E-state index is -3.51. The summed E-state index contributed by atoms with van der Waals surface area (Å²) in [6.07, 6.45) is 0.737. The fourth-order valence-corrected chi connectivity index (χ4v) is 2.78. The number of benzene rings is 1. The van der Waals surface area contributed by atoms with Crippen molar-refractivity contribution in [2.75, 3.05) is 13.7 Å². The Bertz CT molecular complexity index is 474. The summed E-state index contributed by atoms with van der Waals surface area (Å²) in [4.78, 5) is 0.141. The van der Waals surface area contributed by atoms with Crippen LogP contribution in [-0.2, 0) is 15.9 Å². The van der Waals surface area contributed by atoms with Crippen LogP contribution in [0.5, 0.6) is 5.75 Å². The Morgan fingerprint density at radius 3 is 2.65 bits per heavy atom. The van der Waals surface area contributed by atoms with Gasteiger partial charge in [0.25, 0.3) is 0 Å². The minimum absolute atomic E-state index is 0.141. The molecule has 0 aromatic heterocycles. The van der Waals surface area contributed by atoms with Crippen molar-refractivity contribution in [2.45, 2.75) is 24.1 Å². The summed E-state index contributed by atoms with van der Waals surface area (Å²) in [6, 6.07) is 4.82. The van der Waals surface area contributed by atoms with E-state index in [0.717, 1.165) is 12.0 Å². The number of halogens is 1. The third-order valence-electron chi connectivity index (χ3n) is 2.21. The highest BCUT2D eigenvalue weighted by Gasteiger charge is 2.18. The topological polar surface area (TPSA) is 55.4 Å². The number of sulfonamides is 1. The zero-order valence-corrected chi connectivity index (χ0v) is 11.4. The van der Waals surface area contributed by atoms with Gasteiger partial charge in [0.1, 0.15) is 10.6 Å². The van der Waals surface area contributed by atoms with Gasteiger partial charge in [0, 0.05) is 12.4 Å². The van der Waals surface area contributed by atoms with Gasteiger partial charge in [-0.3, -0.25) is 0 Å². The van der Waals surface area contributed by atoms with Crippen LogP contribution in [0.2, 0.25) is 0 Å². The van der Waals surface area contributed by atoms with Crippen LogP contribution in [-0.4, -0.2) is 22.1 Å². The maximum atomic E-state index is 11.9. The molecule has 1 aromatic rings. The summed E-state index contributed by atoms with van der Waals surface area (Å²) in [5.41, 5.74) is 0.818. The highest BCUT2D eigenvalue weighted by atomic mass is 35.5. The highest BCUT2D eigenvalue weighted by Crippen LogP contribution is 2.25. The summed E-state index contributed by atoms with van der Waals surface area (Å²) in [6.45, 7) is 2.30. The molecule has 6 heteroatoms. The molecule has 0 saturated heterocycles. The summed E-state index contributed by atoms with van der Waals surface area (Å²) in [5.74, 6) is 0.630. The molecule has 17 heavy (non-hydrogen) atoms. The fourth-order valence-electron chi connectivity index (χ4n) is 1.33. The van der Waals surface area contributed by atoms with Crippen LogP contribution in [0.1, 0.15) is 18.9 Å². The lowest BCUT2D eigenvalue weighted by atomic mass is 10.2. The second-order valence-electron chi connectivity index (χ2n) is 3.52. The monoisotopic (exact) mass is 277 g/mol. The third kappa shape index (κ3) is 3.59. The van der Waals surface area contributed by atoms with Gasteiger partial charge in [0.2, 0.25) is 10.0 Å². The van der Waals surface area contributed by atoms with E-state index in [1.54, 1.807) is 12.1 Å². The van der Waals surface area contributed by atoms with E-state index >= 15 is 0 Å². The molecule has 0 bridgehead atoms. The van der Waals surface area contributed by atoms with E-state index in [1.165, 1.54) is 13.2 Å². The Labute approximate surface area is 107 Å².